The second-order valence-corrected chi connectivity index (χ2v) is 12.4. The predicted molar refractivity (Wildman–Crippen MR) is 203 cm³/mol. The quantitative estimate of drug-likeness (QED) is 0.0390. The van der Waals surface area contributed by atoms with Gasteiger partial charge in [-0.15, -0.1) is 0 Å². The number of nitrogens with zero attached hydrogens (tertiary/aromatic N) is 6. The highest BCUT2D eigenvalue weighted by Gasteiger charge is 2.20. The number of hydrogen-bond acceptors (Lipinski definition) is 20. The van der Waals surface area contributed by atoms with Crippen molar-refractivity contribution in [2.75, 3.05) is 65.9 Å². The molecule has 0 aliphatic rings. The molecule has 0 radical (unpaired) electrons. The lowest BCUT2D eigenvalue weighted by Gasteiger charge is -2.28. The normalized spacial score (nSPS) is 11.0. The van der Waals surface area contributed by atoms with Gasteiger partial charge >= 0.3 is 11.9 Å². The molecule has 322 valence electrons. The van der Waals surface area contributed by atoms with Gasteiger partial charge < -0.3 is 59.1 Å². The maximum atomic E-state index is 12.0. The minimum Gasteiger partial charge on any atom is -0.491 e. The third-order valence-electron chi connectivity index (χ3n) is 7.85. The number of carbonyl (C=O) groups is 4. The van der Waals surface area contributed by atoms with Crippen LogP contribution in [-0.2, 0) is 35.8 Å². The minimum atomic E-state index is -1.34. The molecule has 4 heterocycles. The number of ether oxygens (including phenoxy) is 6. The van der Waals surface area contributed by atoms with Crippen molar-refractivity contribution in [1.82, 2.24) is 29.7 Å². The maximum absolute atomic E-state index is 12.0. The number of pyridine rings is 4. The summed E-state index contributed by atoms with van der Waals surface area (Å²) < 4.78 is 32.2. The van der Waals surface area contributed by atoms with E-state index >= 15 is 0 Å². The molecular formula is C38H44N6O16. The summed E-state index contributed by atoms with van der Waals surface area (Å²) in [6, 6.07) is 11.3. The zero-order chi connectivity index (χ0) is 43.3. The summed E-state index contributed by atoms with van der Waals surface area (Å²) in [6.07, 6.45) is 0. The van der Waals surface area contributed by atoms with Crippen LogP contribution in [0.4, 0.5) is 0 Å². The maximum Gasteiger partial charge on any atom is 0.354 e. The number of aromatic nitrogens is 4. The van der Waals surface area contributed by atoms with Gasteiger partial charge in [-0.05, 0) is 0 Å². The Kier molecular flexibility index (Phi) is 18.7. The number of aliphatic hydroxyl groups is 4. The number of aliphatic hydroxyl groups excluding tert-OH is 4. The molecule has 0 aliphatic heterocycles. The first-order chi connectivity index (χ1) is 29.0. The monoisotopic (exact) mass is 840 g/mol. The van der Waals surface area contributed by atoms with E-state index in [1.807, 2.05) is 4.90 Å². The predicted octanol–water partition coefficient (Wildman–Crippen LogP) is -0.0776. The molecule has 60 heavy (non-hydrogen) atoms. The van der Waals surface area contributed by atoms with E-state index < -0.39 is 11.9 Å². The Balaban J connectivity index is 1.78. The number of rotatable bonds is 29. The van der Waals surface area contributed by atoms with E-state index in [0.29, 0.717) is 11.4 Å². The number of carboxylic acid groups (broad SMARTS) is 2. The molecule has 22 nitrogen and oxygen atoms in total. The molecule has 0 fully saturated rings. The van der Waals surface area contributed by atoms with Gasteiger partial charge in [-0.3, -0.25) is 19.4 Å². The summed E-state index contributed by atoms with van der Waals surface area (Å²) in [5, 5.41) is 56.9. The number of aromatic carboxylic acids is 2. The van der Waals surface area contributed by atoms with Gasteiger partial charge in [0.05, 0.1) is 49.2 Å². The van der Waals surface area contributed by atoms with Crippen LogP contribution in [-0.4, -0.2) is 151 Å². The van der Waals surface area contributed by atoms with Crippen molar-refractivity contribution in [3.05, 3.63) is 82.7 Å². The van der Waals surface area contributed by atoms with Gasteiger partial charge in [0, 0.05) is 87.8 Å². The van der Waals surface area contributed by atoms with Crippen molar-refractivity contribution < 1.29 is 78.2 Å². The van der Waals surface area contributed by atoms with E-state index in [4.69, 9.17) is 28.4 Å². The molecule has 22 heteroatoms. The Morgan fingerprint density at radius 2 is 0.783 bits per heavy atom. The topological polar surface area (TPSA) is 303 Å². The van der Waals surface area contributed by atoms with Crippen molar-refractivity contribution in [3.63, 3.8) is 0 Å². The fourth-order valence-corrected chi connectivity index (χ4v) is 5.56. The fourth-order valence-electron chi connectivity index (χ4n) is 5.56. The van der Waals surface area contributed by atoms with Crippen LogP contribution in [0.15, 0.2) is 48.5 Å². The van der Waals surface area contributed by atoms with E-state index in [-0.39, 0.29) is 163 Å². The van der Waals surface area contributed by atoms with Crippen molar-refractivity contribution in [2.24, 2.45) is 0 Å². The van der Waals surface area contributed by atoms with E-state index in [1.54, 1.807) is 17.0 Å². The first-order valence-electron chi connectivity index (χ1n) is 18.2. The number of hydrogen-bond donors (Lipinski definition) is 6. The summed E-state index contributed by atoms with van der Waals surface area (Å²) in [7, 11) is 0. The molecule has 0 saturated heterocycles. The van der Waals surface area contributed by atoms with E-state index in [0.717, 1.165) is 0 Å². The Hall–Kier alpha value is -6.56. The first-order valence-corrected chi connectivity index (χ1v) is 18.2. The molecule has 0 saturated carbocycles. The standard InChI is InChI=1S/C38H44N6O16/c45-3-7-55-29-11-25(39-33(15-29)37(51)52)19-43(20-26-12-30(56-8-4-46)16-34(40-26)38(53)54)1-2-44(21-27-13-31(57-9-5-47)17-35(41-27)59-23-49)22-28-14-32(58-10-6-48)18-36(42-28)60-24-50/h11-18,23-24,45-48H,1-10,19-22H2,(H,51,52)(H,53,54). The van der Waals surface area contributed by atoms with E-state index in [9.17, 15) is 49.8 Å². The summed E-state index contributed by atoms with van der Waals surface area (Å²) >= 11 is 0. The van der Waals surface area contributed by atoms with E-state index in [2.05, 4.69) is 19.9 Å². The Labute approximate surface area is 342 Å². The molecule has 0 aromatic carbocycles. The van der Waals surface area contributed by atoms with Gasteiger partial charge in [0.1, 0.15) is 49.4 Å². The summed E-state index contributed by atoms with van der Waals surface area (Å²) in [5.41, 5.74) is 0.481. The third kappa shape index (κ3) is 15.3. The van der Waals surface area contributed by atoms with Gasteiger partial charge in [0.25, 0.3) is 12.9 Å². The molecule has 0 amide bonds. The molecule has 0 unspecified atom stereocenters. The molecule has 0 aliphatic carbocycles. The van der Waals surface area contributed by atoms with Crippen LogP contribution in [0.5, 0.6) is 34.8 Å². The third-order valence-corrected chi connectivity index (χ3v) is 7.85. The molecule has 0 bridgehead atoms. The lowest BCUT2D eigenvalue weighted by Crippen LogP contribution is -2.35. The largest absolute Gasteiger partial charge is 0.491 e. The molecule has 6 N–H and O–H groups in total. The average molecular weight is 841 g/mol. The lowest BCUT2D eigenvalue weighted by molar-refractivity contribution is -0.121. The van der Waals surface area contributed by atoms with Gasteiger partial charge in [0.15, 0.2) is 11.4 Å². The summed E-state index contributed by atoms with van der Waals surface area (Å²) in [5.74, 6) is -2.13. The van der Waals surface area contributed by atoms with Crippen molar-refractivity contribution in [3.8, 4) is 34.8 Å². The highest BCUT2D eigenvalue weighted by molar-refractivity contribution is 5.86. The Morgan fingerprint density at radius 1 is 0.483 bits per heavy atom. The van der Waals surface area contributed by atoms with Gasteiger partial charge in [-0.2, -0.15) is 0 Å². The van der Waals surface area contributed by atoms with E-state index in [1.165, 1.54) is 36.4 Å². The molecule has 4 rings (SSSR count). The van der Waals surface area contributed by atoms with Crippen molar-refractivity contribution >= 4 is 24.9 Å². The molecule has 4 aromatic heterocycles. The second kappa shape index (κ2) is 24.4. The zero-order valence-corrected chi connectivity index (χ0v) is 32.1. The first kappa shape index (κ1) is 46.1. The van der Waals surface area contributed by atoms with Gasteiger partial charge in [0.2, 0.25) is 11.8 Å². The fraction of sp³-hybridized carbons (Fsp3) is 0.368. The number of carbonyl (C=O) groups excluding carboxylic acids is 2. The Bertz CT molecular complexity index is 1900. The lowest BCUT2D eigenvalue weighted by atomic mass is 10.2. The van der Waals surface area contributed by atoms with Crippen LogP contribution < -0.4 is 28.4 Å². The summed E-state index contributed by atoms with van der Waals surface area (Å²) in [6.45, 7) is -1.01. The zero-order valence-electron chi connectivity index (χ0n) is 32.1. The SMILES string of the molecule is O=COc1cc(OCCO)cc(CN(CCN(Cc2cc(OCCO)cc(C(=O)O)n2)Cc2cc(OCCO)cc(C(=O)O)n2)Cc2cc(OCCO)cc(OC=O)n2)n1. The van der Waals surface area contributed by atoms with Gasteiger partial charge in [-0.25, -0.2) is 29.5 Å². The highest BCUT2D eigenvalue weighted by Crippen LogP contribution is 2.25. The van der Waals surface area contributed by atoms with Crippen LogP contribution in [0.25, 0.3) is 0 Å². The molecule has 0 atom stereocenters. The molecular weight excluding hydrogens is 796 g/mol. The summed E-state index contributed by atoms with van der Waals surface area (Å²) in [4.78, 5) is 67.6. The van der Waals surface area contributed by atoms with Crippen molar-refractivity contribution in [1.29, 1.82) is 0 Å². The average Bonchev–Trinajstić information content (AvgIpc) is 3.22. The smallest absolute Gasteiger partial charge is 0.354 e. The highest BCUT2D eigenvalue weighted by atomic mass is 16.5. The Morgan fingerprint density at radius 3 is 1.07 bits per heavy atom. The number of carboxylic acids is 2. The van der Waals surface area contributed by atoms with Crippen LogP contribution in [0.3, 0.4) is 0 Å². The van der Waals surface area contributed by atoms with Crippen LogP contribution in [0, 0.1) is 0 Å². The van der Waals surface area contributed by atoms with Crippen LogP contribution >= 0.6 is 0 Å². The molecule has 4 aromatic rings. The molecule has 0 spiro atoms. The van der Waals surface area contributed by atoms with Gasteiger partial charge in [-0.1, -0.05) is 0 Å². The van der Waals surface area contributed by atoms with Crippen molar-refractivity contribution in [2.45, 2.75) is 26.2 Å². The van der Waals surface area contributed by atoms with Crippen LogP contribution in [0.2, 0.25) is 0 Å². The minimum absolute atomic E-state index is 0.0322. The second-order valence-electron chi connectivity index (χ2n) is 12.4. The van der Waals surface area contributed by atoms with Crippen LogP contribution in [0.1, 0.15) is 43.8 Å².